The van der Waals surface area contributed by atoms with Crippen molar-refractivity contribution in [3.05, 3.63) is 69.8 Å². The van der Waals surface area contributed by atoms with Gasteiger partial charge in [-0.05, 0) is 44.0 Å². The first-order valence-corrected chi connectivity index (χ1v) is 9.10. The van der Waals surface area contributed by atoms with E-state index in [0.717, 1.165) is 18.9 Å². The molecule has 0 saturated heterocycles. The number of rotatable bonds is 7. The lowest BCUT2D eigenvalue weighted by Crippen LogP contribution is -2.41. The highest BCUT2D eigenvalue weighted by Gasteiger charge is 2.24. The van der Waals surface area contributed by atoms with E-state index in [4.69, 9.17) is 0 Å². The van der Waals surface area contributed by atoms with Crippen molar-refractivity contribution < 1.29 is 19.3 Å². The van der Waals surface area contributed by atoms with Gasteiger partial charge < -0.3 is 16.0 Å². The molecule has 0 unspecified atom stereocenters. The fourth-order valence-electron chi connectivity index (χ4n) is 2.59. The van der Waals surface area contributed by atoms with Gasteiger partial charge in [0.15, 0.2) is 0 Å². The molecule has 0 aromatic heterocycles. The predicted octanol–water partition coefficient (Wildman–Crippen LogP) is 2.24. The van der Waals surface area contributed by atoms with Crippen molar-refractivity contribution in [2.75, 3.05) is 5.32 Å². The third-order valence-corrected chi connectivity index (χ3v) is 4.36. The SMILES string of the molecule is C[C@@H](NC(=O)c1cccc([N+](=O)[O-])c1)C(=O)Nc1cccc(C(=O)NC2CC2)c1. The molecule has 3 N–H and O–H groups in total. The molecule has 2 aromatic carbocycles. The van der Waals surface area contributed by atoms with Crippen LogP contribution < -0.4 is 16.0 Å². The summed E-state index contributed by atoms with van der Waals surface area (Å²) in [6.07, 6.45) is 1.95. The number of nitro benzene ring substituents is 1. The molecule has 29 heavy (non-hydrogen) atoms. The average Bonchev–Trinajstić information content (AvgIpc) is 3.52. The summed E-state index contributed by atoms with van der Waals surface area (Å²) in [4.78, 5) is 47.0. The number of amides is 3. The number of nitro groups is 1. The Bertz CT molecular complexity index is 971. The number of non-ortho nitro benzene ring substituents is 1. The van der Waals surface area contributed by atoms with E-state index in [9.17, 15) is 24.5 Å². The summed E-state index contributed by atoms with van der Waals surface area (Å²) in [5.74, 6) is -1.28. The molecule has 150 valence electrons. The highest BCUT2D eigenvalue weighted by atomic mass is 16.6. The van der Waals surface area contributed by atoms with Gasteiger partial charge in [0.1, 0.15) is 6.04 Å². The Hall–Kier alpha value is -3.75. The maximum absolute atomic E-state index is 12.4. The fraction of sp³-hybridized carbons (Fsp3) is 0.250. The van der Waals surface area contributed by atoms with Crippen LogP contribution in [0.15, 0.2) is 48.5 Å². The van der Waals surface area contributed by atoms with Crippen LogP contribution >= 0.6 is 0 Å². The van der Waals surface area contributed by atoms with Crippen LogP contribution in [0.2, 0.25) is 0 Å². The zero-order chi connectivity index (χ0) is 21.0. The van der Waals surface area contributed by atoms with Gasteiger partial charge in [-0.2, -0.15) is 0 Å². The van der Waals surface area contributed by atoms with Crippen molar-refractivity contribution in [1.29, 1.82) is 0 Å². The summed E-state index contributed by atoms with van der Waals surface area (Å²) >= 11 is 0. The first-order valence-electron chi connectivity index (χ1n) is 9.10. The molecule has 3 rings (SSSR count). The van der Waals surface area contributed by atoms with Crippen molar-refractivity contribution in [3.8, 4) is 0 Å². The summed E-state index contributed by atoms with van der Waals surface area (Å²) in [5.41, 5.74) is 0.728. The lowest BCUT2D eigenvalue weighted by atomic mass is 10.1. The number of anilines is 1. The van der Waals surface area contributed by atoms with Gasteiger partial charge >= 0.3 is 0 Å². The molecular formula is C20H20N4O5. The summed E-state index contributed by atoms with van der Waals surface area (Å²) < 4.78 is 0. The minimum Gasteiger partial charge on any atom is -0.349 e. The van der Waals surface area contributed by atoms with Crippen molar-refractivity contribution in [3.63, 3.8) is 0 Å². The van der Waals surface area contributed by atoms with Gasteiger partial charge in [0.25, 0.3) is 17.5 Å². The Morgan fingerprint density at radius 3 is 2.34 bits per heavy atom. The third kappa shape index (κ3) is 5.38. The van der Waals surface area contributed by atoms with Crippen LogP contribution in [0.3, 0.4) is 0 Å². The fourth-order valence-corrected chi connectivity index (χ4v) is 2.59. The predicted molar refractivity (Wildman–Crippen MR) is 106 cm³/mol. The third-order valence-electron chi connectivity index (χ3n) is 4.36. The van der Waals surface area contributed by atoms with Gasteiger partial charge in [-0.1, -0.05) is 12.1 Å². The molecule has 0 spiro atoms. The summed E-state index contributed by atoms with van der Waals surface area (Å²) in [6.45, 7) is 1.49. The molecule has 2 aromatic rings. The summed E-state index contributed by atoms with van der Waals surface area (Å²) in [7, 11) is 0. The van der Waals surface area contributed by atoms with Crippen molar-refractivity contribution >= 4 is 29.1 Å². The number of benzene rings is 2. The van der Waals surface area contributed by atoms with Crippen molar-refractivity contribution in [2.24, 2.45) is 0 Å². The smallest absolute Gasteiger partial charge is 0.270 e. The van der Waals surface area contributed by atoms with Gasteiger partial charge in [0.2, 0.25) is 5.91 Å². The molecular weight excluding hydrogens is 376 g/mol. The quantitative estimate of drug-likeness (QED) is 0.488. The molecule has 1 saturated carbocycles. The number of hydrogen-bond donors (Lipinski definition) is 3. The molecule has 1 aliphatic rings. The second-order valence-electron chi connectivity index (χ2n) is 6.82. The lowest BCUT2D eigenvalue weighted by molar-refractivity contribution is -0.384. The van der Waals surface area contributed by atoms with E-state index in [2.05, 4.69) is 16.0 Å². The maximum atomic E-state index is 12.4. The molecule has 1 aliphatic carbocycles. The van der Waals surface area contributed by atoms with E-state index < -0.39 is 22.8 Å². The summed E-state index contributed by atoms with van der Waals surface area (Å²) in [6, 6.07) is 11.1. The van der Waals surface area contributed by atoms with Crippen LogP contribution in [-0.2, 0) is 4.79 Å². The molecule has 0 bridgehead atoms. The van der Waals surface area contributed by atoms with Crippen LogP contribution in [0.25, 0.3) is 0 Å². The van der Waals surface area contributed by atoms with Gasteiger partial charge in [-0.3, -0.25) is 24.5 Å². The monoisotopic (exact) mass is 396 g/mol. The van der Waals surface area contributed by atoms with E-state index in [-0.39, 0.29) is 23.2 Å². The van der Waals surface area contributed by atoms with Gasteiger partial charge in [-0.15, -0.1) is 0 Å². The molecule has 9 heteroatoms. The summed E-state index contributed by atoms with van der Waals surface area (Å²) in [5, 5.41) is 18.9. The Balaban J connectivity index is 1.60. The number of carbonyl (C=O) groups excluding carboxylic acids is 3. The lowest BCUT2D eigenvalue weighted by Gasteiger charge is -2.14. The van der Waals surface area contributed by atoms with E-state index in [1.807, 2.05) is 0 Å². The minimum absolute atomic E-state index is 0.0811. The molecule has 0 radical (unpaired) electrons. The standard InChI is InChI=1S/C20H20N4O5/c1-12(21-19(26)14-5-3-7-17(11-14)24(28)29)18(25)23-16-6-2-4-13(10-16)20(27)22-15-8-9-15/h2-7,10-12,15H,8-9H2,1H3,(H,21,26)(H,22,27)(H,23,25)/t12-/m1/s1. The second kappa shape index (κ2) is 8.51. The van der Waals surface area contributed by atoms with Gasteiger partial charge in [0, 0.05) is 35.0 Å². The molecule has 1 fully saturated rings. The van der Waals surface area contributed by atoms with E-state index in [1.165, 1.54) is 25.1 Å². The first-order chi connectivity index (χ1) is 13.8. The first kappa shape index (κ1) is 20.0. The Labute approximate surface area is 166 Å². The second-order valence-corrected chi connectivity index (χ2v) is 6.82. The largest absolute Gasteiger partial charge is 0.349 e. The molecule has 1 atom stereocenters. The zero-order valence-corrected chi connectivity index (χ0v) is 15.7. The van der Waals surface area contributed by atoms with Crippen LogP contribution in [0.1, 0.15) is 40.5 Å². The number of carbonyl (C=O) groups is 3. The highest BCUT2D eigenvalue weighted by Crippen LogP contribution is 2.20. The highest BCUT2D eigenvalue weighted by molar-refractivity contribution is 6.02. The van der Waals surface area contributed by atoms with Crippen molar-refractivity contribution in [1.82, 2.24) is 10.6 Å². The topological polar surface area (TPSA) is 130 Å². The average molecular weight is 396 g/mol. The zero-order valence-electron chi connectivity index (χ0n) is 15.7. The van der Waals surface area contributed by atoms with Crippen LogP contribution in [-0.4, -0.2) is 34.7 Å². The van der Waals surface area contributed by atoms with E-state index >= 15 is 0 Å². The van der Waals surface area contributed by atoms with Gasteiger partial charge in [-0.25, -0.2) is 0 Å². The Morgan fingerprint density at radius 2 is 1.69 bits per heavy atom. The molecule has 0 heterocycles. The van der Waals surface area contributed by atoms with Crippen LogP contribution in [0.5, 0.6) is 0 Å². The van der Waals surface area contributed by atoms with E-state index in [0.29, 0.717) is 11.3 Å². The normalized spacial score (nSPS) is 13.8. The maximum Gasteiger partial charge on any atom is 0.270 e. The molecule has 9 nitrogen and oxygen atoms in total. The van der Waals surface area contributed by atoms with Crippen LogP contribution in [0, 0.1) is 10.1 Å². The Morgan fingerprint density at radius 1 is 1.03 bits per heavy atom. The van der Waals surface area contributed by atoms with Crippen LogP contribution in [0.4, 0.5) is 11.4 Å². The van der Waals surface area contributed by atoms with Crippen molar-refractivity contribution in [2.45, 2.75) is 31.8 Å². The minimum atomic E-state index is -0.897. The van der Waals surface area contributed by atoms with E-state index in [1.54, 1.807) is 24.3 Å². The number of nitrogens with zero attached hydrogens (tertiary/aromatic N) is 1. The Kier molecular flexibility index (Phi) is 5.87. The molecule has 3 amide bonds. The number of hydrogen-bond acceptors (Lipinski definition) is 5. The number of nitrogens with one attached hydrogen (secondary N) is 3. The molecule has 0 aliphatic heterocycles. The van der Waals surface area contributed by atoms with Gasteiger partial charge in [0.05, 0.1) is 4.92 Å².